The first-order valence-corrected chi connectivity index (χ1v) is 7.51. The topological polar surface area (TPSA) is 66.3 Å². The van der Waals surface area contributed by atoms with E-state index < -0.39 is 0 Å². The fourth-order valence-electron chi connectivity index (χ4n) is 3.65. The van der Waals surface area contributed by atoms with E-state index in [-0.39, 0.29) is 24.0 Å². The van der Waals surface area contributed by atoms with Crippen molar-refractivity contribution < 1.29 is 9.90 Å². The molecule has 0 bridgehead atoms. The Morgan fingerprint density at radius 1 is 1.15 bits per heavy atom. The number of aliphatic hydroxyl groups excluding tert-OH is 1. The van der Waals surface area contributed by atoms with Crippen molar-refractivity contribution in [2.75, 3.05) is 6.54 Å². The number of aliphatic hydroxyl groups is 1. The molecule has 3 rings (SSSR count). The van der Waals surface area contributed by atoms with Crippen LogP contribution in [0.2, 0.25) is 0 Å². The van der Waals surface area contributed by atoms with Crippen molar-refractivity contribution in [1.29, 1.82) is 0 Å². The van der Waals surface area contributed by atoms with Crippen molar-refractivity contribution in [3.63, 3.8) is 0 Å². The monoisotopic (exact) mass is 275 g/mol. The summed E-state index contributed by atoms with van der Waals surface area (Å²) in [4.78, 5) is 22.3. The molecule has 5 nitrogen and oxygen atoms in total. The van der Waals surface area contributed by atoms with Gasteiger partial charge in [-0.15, -0.1) is 0 Å². The van der Waals surface area contributed by atoms with Gasteiger partial charge in [-0.2, -0.15) is 0 Å². The molecule has 0 radical (unpaired) electrons. The fraction of sp³-hybridized carbons (Fsp3) is 0.667. The third-order valence-corrected chi connectivity index (χ3v) is 4.64. The Morgan fingerprint density at radius 2 is 1.90 bits per heavy atom. The van der Waals surface area contributed by atoms with Gasteiger partial charge in [0.15, 0.2) is 0 Å². The molecule has 3 atom stereocenters. The van der Waals surface area contributed by atoms with Gasteiger partial charge >= 0.3 is 0 Å². The van der Waals surface area contributed by atoms with Gasteiger partial charge in [0.2, 0.25) is 0 Å². The number of hydrogen-bond donors (Lipinski definition) is 1. The Bertz CT molecular complexity index is 465. The molecule has 0 unspecified atom stereocenters. The van der Waals surface area contributed by atoms with Crippen LogP contribution in [-0.4, -0.2) is 44.6 Å². The molecular weight excluding hydrogens is 254 g/mol. The minimum Gasteiger partial charge on any atom is -0.393 e. The molecule has 1 aromatic heterocycles. The highest BCUT2D eigenvalue weighted by Crippen LogP contribution is 2.35. The van der Waals surface area contributed by atoms with Gasteiger partial charge in [-0.25, -0.2) is 9.97 Å². The highest BCUT2D eigenvalue weighted by molar-refractivity contribution is 5.94. The number of nitrogens with zero attached hydrogens (tertiary/aromatic N) is 3. The predicted octanol–water partition coefficient (Wildman–Crippen LogP) is 1.63. The maximum atomic E-state index is 12.6. The van der Waals surface area contributed by atoms with Crippen molar-refractivity contribution in [2.45, 2.75) is 50.7 Å². The van der Waals surface area contributed by atoms with Crippen molar-refractivity contribution in [2.24, 2.45) is 5.92 Å². The number of carbonyl (C=O) groups excluding carboxylic acids is 1. The molecule has 2 aliphatic rings. The van der Waals surface area contributed by atoms with Gasteiger partial charge in [0.25, 0.3) is 5.91 Å². The molecule has 1 aromatic rings. The maximum Gasteiger partial charge on any atom is 0.257 e. The van der Waals surface area contributed by atoms with E-state index in [1.807, 2.05) is 4.90 Å². The number of carbonyl (C=O) groups is 1. The molecule has 108 valence electrons. The smallest absolute Gasteiger partial charge is 0.257 e. The van der Waals surface area contributed by atoms with Gasteiger partial charge < -0.3 is 10.0 Å². The Labute approximate surface area is 119 Å². The number of hydrogen-bond acceptors (Lipinski definition) is 4. The Hall–Kier alpha value is -1.49. The van der Waals surface area contributed by atoms with Gasteiger partial charge in [0.05, 0.1) is 11.7 Å². The van der Waals surface area contributed by atoms with Gasteiger partial charge in [-0.3, -0.25) is 4.79 Å². The lowest BCUT2D eigenvalue weighted by Crippen LogP contribution is -2.45. The van der Waals surface area contributed by atoms with Gasteiger partial charge in [0.1, 0.15) is 6.33 Å². The highest BCUT2D eigenvalue weighted by atomic mass is 16.3. The van der Waals surface area contributed by atoms with Crippen LogP contribution < -0.4 is 0 Å². The summed E-state index contributed by atoms with van der Waals surface area (Å²) in [5, 5.41) is 10.2. The van der Waals surface area contributed by atoms with Gasteiger partial charge in [-0.1, -0.05) is 12.8 Å². The summed E-state index contributed by atoms with van der Waals surface area (Å²) in [5.74, 6) is 0.241. The molecule has 2 heterocycles. The molecular formula is C15H21N3O2. The molecule has 1 N–H and O–H groups in total. The normalized spacial score (nSPS) is 30.4. The standard InChI is InChI=1S/C15H21N3O2/c19-14-6-2-1-4-12(14)13-5-3-7-18(13)15(20)11-8-16-10-17-9-11/h8-10,12-14,19H,1-7H2/t12-,13-,14+/m1/s1. The summed E-state index contributed by atoms with van der Waals surface area (Å²) in [6, 6.07) is 0.179. The van der Waals surface area contributed by atoms with Crippen molar-refractivity contribution in [3.05, 3.63) is 24.3 Å². The van der Waals surface area contributed by atoms with Crippen molar-refractivity contribution in [3.8, 4) is 0 Å². The first-order chi connectivity index (χ1) is 9.77. The fourth-order valence-corrected chi connectivity index (χ4v) is 3.65. The lowest BCUT2D eigenvalue weighted by molar-refractivity contribution is 0.0211. The second-order valence-electron chi connectivity index (χ2n) is 5.85. The predicted molar refractivity (Wildman–Crippen MR) is 74.1 cm³/mol. The number of likely N-dealkylation sites (tertiary alicyclic amines) is 1. The van der Waals surface area contributed by atoms with Crippen LogP contribution in [0.15, 0.2) is 18.7 Å². The van der Waals surface area contributed by atoms with Crippen LogP contribution in [0.4, 0.5) is 0 Å². The molecule has 1 saturated heterocycles. The second kappa shape index (κ2) is 5.87. The van der Waals surface area contributed by atoms with E-state index in [4.69, 9.17) is 0 Å². The van der Waals surface area contributed by atoms with Crippen LogP contribution in [0.5, 0.6) is 0 Å². The zero-order chi connectivity index (χ0) is 13.9. The zero-order valence-electron chi connectivity index (χ0n) is 11.6. The molecule has 0 aromatic carbocycles. The van der Waals surface area contributed by atoms with Crippen molar-refractivity contribution >= 4 is 5.91 Å². The van der Waals surface area contributed by atoms with Gasteiger partial charge in [0, 0.05) is 30.9 Å². The minimum atomic E-state index is -0.255. The minimum absolute atomic E-state index is 0.00544. The Balaban J connectivity index is 1.77. The number of aromatic nitrogens is 2. The van der Waals surface area contributed by atoms with Crippen LogP contribution in [0.3, 0.4) is 0 Å². The highest BCUT2D eigenvalue weighted by Gasteiger charge is 2.39. The second-order valence-corrected chi connectivity index (χ2v) is 5.85. The zero-order valence-corrected chi connectivity index (χ0v) is 11.6. The first-order valence-electron chi connectivity index (χ1n) is 7.51. The quantitative estimate of drug-likeness (QED) is 0.891. The lowest BCUT2D eigenvalue weighted by atomic mass is 9.80. The van der Waals surface area contributed by atoms with E-state index in [2.05, 4.69) is 9.97 Å². The van der Waals surface area contributed by atoms with Gasteiger partial charge in [-0.05, 0) is 25.7 Å². The van der Waals surface area contributed by atoms with E-state index in [9.17, 15) is 9.90 Å². The largest absolute Gasteiger partial charge is 0.393 e. The Morgan fingerprint density at radius 3 is 2.65 bits per heavy atom. The van der Waals surface area contributed by atoms with E-state index >= 15 is 0 Å². The summed E-state index contributed by atoms with van der Waals surface area (Å²) in [6.07, 6.45) is 10.5. The molecule has 1 amide bonds. The van der Waals surface area contributed by atoms with E-state index in [1.165, 1.54) is 6.33 Å². The maximum absolute atomic E-state index is 12.6. The summed E-state index contributed by atoms with van der Waals surface area (Å²) in [5.41, 5.74) is 0.546. The lowest BCUT2D eigenvalue weighted by Gasteiger charge is -2.37. The molecule has 1 aliphatic heterocycles. The number of amides is 1. The average molecular weight is 275 g/mol. The summed E-state index contributed by atoms with van der Waals surface area (Å²) < 4.78 is 0. The van der Waals surface area contributed by atoms with E-state index in [0.717, 1.165) is 45.1 Å². The average Bonchev–Trinajstić information content (AvgIpc) is 2.97. The summed E-state index contributed by atoms with van der Waals surface area (Å²) in [7, 11) is 0. The van der Waals surface area contributed by atoms with Crippen LogP contribution in [-0.2, 0) is 0 Å². The number of rotatable bonds is 2. The van der Waals surface area contributed by atoms with E-state index in [1.54, 1.807) is 12.4 Å². The SMILES string of the molecule is O=C(c1cncnc1)N1CCC[C@@H]1[C@H]1CCCC[C@@H]1O. The van der Waals surface area contributed by atoms with Crippen LogP contribution in [0, 0.1) is 5.92 Å². The third-order valence-electron chi connectivity index (χ3n) is 4.64. The molecule has 1 aliphatic carbocycles. The molecule has 2 fully saturated rings. The first kappa shape index (κ1) is 13.5. The molecule has 1 saturated carbocycles. The third kappa shape index (κ3) is 2.54. The van der Waals surface area contributed by atoms with Crippen molar-refractivity contribution in [1.82, 2.24) is 14.9 Å². The summed E-state index contributed by atoms with van der Waals surface area (Å²) >= 11 is 0. The molecule has 20 heavy (non-hydrogen) atoms. The Kier molecular flexibility index (Phi) is 3.96. The van der Waals surface area contributed by atoms with Crippen LogP contribution in [0.1, 0.15) is 48.9 Å². The molecule has 0 spiro atoms. The summed E-state index contributed by atoms with van der Waals surface area (Å²) in [6.45, 7) is 0.779. The molecule has 5 heteroatoms. The van der Waals surface area contributed by atoms with E-state index in [0.29, 0.717) is 5.56 Å². The van der Waals surface area contributed by atoms with Crippen LogP contribution in [0.25, 0.3) is 0 Å². The van der Waals surface area contributed by atoms with Crippen LogP contribution >= 0.6 is 0 Å².